The Morgan fingerprint density at radius 1 is 1.24 bits per heavy atom. The van der Waals surface area contributed by atoms with E-state index in [1.807, 2.05) is 19.1 Å². The van der Waals surface area contributed by atoms with Gasteiger partial charge in [-0.3, -0.25) is 4.79 Å². The van der Waals surface area contributed by atoms with Gasteiger partial charge < -0.3 is 20.5 Å². The van der Waals surface area contributed by atoms with E-state index < -0.39 is 0 Å². The second-order valence-corrected chi connectivity index (χ2v) is 6.47. The van der Waals surface area contributed by atoms with Gasteiger partial charge in [-0.25, -0.2) is 4.98 Å². The zero-order valence-electron chi connectivity index (χ0n) is 14.3. The van der Waals surface area contributed by atoms with Crippen molar-refractivity contribution in [3.8, 4) is 17.4 Å². The maximum absolute atomic E-state index is 12.1. The summed E-state index contributed by atoms with van der Waals surface area (Å²) < 4.78 is 11.2. The van der Waals surface area contributed by atoms with Crippen LogP contribution in [0.3, 0.4) is 0 Å². The van der Waals surface area contributed by atoms with Crippen molar-refractivity contribution in [3.05, 3.63) is 48.7 Å². The lowest BCUT2D eigenvalue weighted by molar-refractivity contribution is -0.125. The summed E-state index contributed by atoms with van der Waals surface area (Å²) in [5.74, 6) is 2.10. The fraction of sp³-hybridized carbons (Fsp3) is 0.368. The Balaban J connectivity index is 1.49. The Kier molecular flexibility index (Phi) is 5.19. The molecule has 3 N–H and O–H groups in total. The number of rotatable bonds is 8. The van der Waals surface area contributed by atoms with E-state index in [1.54, 1.807) is 36.5 Å². The first-order valence-corrected chi connectivity index (χ1v) is 8.42. The van der Waals surface area contributed by atoms with Crippen molar-refractivity contribution in [2.24, 2.45) is 11.7 Å². The van der Waals surface area contributed by atoms with Crippen molar-refractivity contribution >= 4 is 5.91 Å². The lowest BCUT2D eigenvalue weighted by atomic mass is 9.96. The van der Waals surface area contributed by atoms with Crippen LogP contribution in [0.2, 0.25) is 0 Å². The molecule has 0 spiro atoms. The van der Waals surface area contributed by atoms with E-state index in [-0.39, 0.29) is 18.1 Å². The van der Waals surface area contributed by atoms with Crippen LogP contribution in [0.1, 0.15) is 19.8 Å². The van der Waals surface area contributed by atoms with Gasteiger partial charge in [0.15, 0.2) is 6.61 Å². The molecule has 1 aliphatic carbocycles. The number of nitrogens with zero attached hydrogens (tertiary/aromatic N) is 1. The fourth-order valence-corrected chi connectivity index (χ4v) is 2.68. The summed E-state index contributed by atoms with van der Waals surface area (Å²) in [6.07, 6.45) is 3.90. The summed E-state index contributed by atoms with van der Waals surface area (Å²) in [6, 6.07) is 12.5. The highest BCUT2D eigenvalue weighted by Gasteiger charge is 2.41. The van der Waals surface area contributed by atoms with Gasteiger partial charge in [0.05, 0.1) is 5.54 Å². The van der Waals surface area contributed by atoms with Crippen LogP contribution in [0.15, 0.2) is 48.7 Å². The third kappa shape index (κ3) is 4.70. The lowest BCUT2D eigenvalue weighted by Gasteiger charge is -2.29. The third-order valence-corrected chi connectivity index (χ3v) is 4.38. The monoisotopic (exact) mass is 341 g/mol. The van der Waals surface area contributed by atoms with Gasteiger partial charge in [0.1, 0.15) is 11.5 Å². The van der Waals surface area contributed by atoms with E-state index in [0.29, 0.717) is 29.8 Å². The Morgan fingerprint density at radius 3 is 2.56 bits per heavy atom. The number of benzene rings is 1. The summed E-state index contributed by atoms with van der Waals surface area (Å²) in [6.45, 7) is 2.39. The Hall–Kier alpha value is -2.60. The smallest absolute Gasteiger partial charge is 0.258 e. The van der Waals surface area contributed by atoms with Crippen molar-refractivity contribution in [2.75, 3.05) is 13.2 Å². The molecule has 132 valence electrons. The molecule has 1 heterocycles. The Labute approximate surface area is 147 Å². The van der Waals surface area contributed by atoms with E-state index in [2.05, 4.69) is 10.3 Å². The van der Waals surface area contributed by atoms with Crippen molar-refractivity contribution in [2.45, 2.75) is 25.3 Å². The number of carbonyl (C=O) groups excluding carboxylic acids is 1. The molecule has 6 nitrogen and oxygen atoms in total. The van der Waals surface area contributed by atoms with E-state index in [4.69, 9.17) is 15.2 Å². The maximum atomic E-state index is 12.1. The Bertz CT molecular complexity index is 702. The van der Waals surface area contributed by atoms with Crippen LogP contribution in [0.25, 0.3) is 0 Å². The van der Waals surface area contributed by atoms with Crippen LogP contribution in [0.4, 0.5) is 0 Å². The number of nitrogens with two attached hydrogens (primary N) is 1. The summed E-state index contributed by atoms with van der Waals surface area (Å²) >= 11 is 0. The first kappa shape index (κ1) is 17.2. The molecule has 6 heteroatoms. The molecule has 25 heavy (non-hydrogen) atoms. The topological polar surface area (TPSA) is 86.5 Å². The molecule has 3 rings (SSSR count). The largest absolute Gasteiger partial charge is 0.484 e. The summed E-state index contributed by atoms with van der Waals surface area (Å²) in [4.78, 5) is 16.2. The molecule has 1 aromatic heterocycles. The van der Waals surface area contributed by atoms with Crippen LogP contribution in [0, 0.1) is 5.92 Å². The van der Waals surface area contributed by atoms with Gasteiger partial charge in [0.25, 0.3) is 5.91 Å². The molecule has 0 saturated heterocycles. The minimum Gasteiger partial charge on any atom is -0.484 e. The van der Waals surface area contributed by atoms with Crippen LogP contribution in [-0.2, 0) is 4.79 Å². The quantitative estimate of drug-likeness (QED) is 0.770. The molecule has 1 atom stereocenters. The van der Waals surface area contributed by atoms with E-state index in [1.165, 1.54) is 0 Å². The molecular formula is C19H23N3O3. The second kappa shape index (κ2) is 7.53. The van der Waals surface area contributed by atoms with Gasteiger partial charge >= 0.3 is 0 Å². The zero-order valence-corrected chi connectivity index (χ0v) is 14.3. The molecule has 0 radical (unpaired) electrons. The van der Waals surface area contributed by atoms with Crippen molar-refractivity contribution < 1.29 is 14.3 Å². The predicted octanol–water partition coefficient (Wildman–Crippen LogP) is 2.50. The number of pyridine rings is 1. The molecule has 1 saturated carbocycles. The van der Waals surface area contributed by atoms with Crippen molar-refractivity contribution in [3.63, 3.8) is 0 Å². The van der Waals surface area contributed by atoms with E-state index in [9.17, 15) is 4.79 Å². The van der Waals surface area contributed by atoms with Gasteiger partial charge in [-0.2, -0.15) is 0 Å². The molecule has 1 fully saturated rings. The maximum Gasteiger partial charge on any atom is 0.258 e. The minimum atomic E-state index is -0.333. The van der Waals surface area contributed by atoms with Gasteiger partial charge in [0.2, 0.25) is 5.88 Å². The zero-order chi connectivity index (χ0) is 17.7. The first-order chi connectivity index (χ1) is 12.1. The highest BCUT2D eigenvalue weighted by molar-refractivity contribution is 5.78. The SMILES string of the molecule is CC(CN)(NC(=O)COc1ccc(Oc2ccccn2)cc1)C1CC1. The molecule has 2 aromatic rings. The molecule has 1 unspecified atom stereocenters. The number of hydrogen-bond acceptors (Lipinski definition) is 5. The van der Waals surface area contributed by atoms with Gasteiger partial charge in [-0.05, 0) is 56.0 Å². The van der Waals surface area contributed by atoms with Crippen LogP contribution < -0.4 is 20.5 Å². The predicted molar refractivity (Wildman–Crippen MR) is 94.6 cm³/mol. The highest BCUT2D eigenvalue weighted by atomic mass is 16.5. The average molecular weight is 341 g/mol. The molecule has 0 bridgehead atoms. The fourth-order valence-electron chi connectivity index (χ4n) is 2.68. The van der Waals surface area contributed by atoms with Crippen LogP contribution in [0.5, 0.6) is 17.4 Å². The lowest BCUT2D eigenvalue weighted by Crippen LogP contribution is -2.54. The summed E-state index contributed by atoms with van der Waals surface area (Å²) in [5, 5.41) is 3.00. The van der Waals surface area contributed by atoms with Crippen LogP contribution in [-0.4, -0.2) is 29.6 Å². The first-order valence-electron chi connectivity index (χ1n) is 8.42. The van der Waals surface area contributed by atoms with Gasteiger partial charge in [0, 0.05) is 18.8 Å². The summed E-state index contributed by atoms with van der Waals surface area (Å²) in [5.41, 5.74) is 5.48. The van der Waals surface area contributed by atoms with Crippen molar-refractivity contribution in [1.82, 2.24) is 10.3 Å². The van der Waals surface area contributed by atoms with Gasteiger partial charge in [-0.15, -0.1) is 0 Å². The third-order valence-electron chi connectivity index (χ3n) is 4.38. The number of nitrogens with one attached hydrogen (secondary N) is 1. The highest BCUT2D eigenvalue weighted by Crippen LogP contribution is 2.38. The van der Waals surface area contributed by atoms with Crippen LogP contribution >= 0.6 is 0 Å². The van der Waals surface area contributed by atoms with Gasteiger partial charge in [-0.1, -0.05) is 6.07 Å². The Morgan fingerprint density at radius 2 is 1.96 bits per heavy atom. The number of hydrogen-bond donors (Lipinski definition) is 2. The standard InChI is InChI=1S/C19H23N3O3/c1-19(13-20,14-5-6-14)22-17(23)12-24-15-7-9-16(10-8-15)25-18-4-2-3-11-21-18/h2-4,7-11,14H,5-6,12-13,20H2,1H3,(H,22,23). The normalized spacial score (nSPS) is 15.9. The molecular weight excluding hydrogens is 318 g/mol. The van der Waals surface area contributed by atoms with E-state index in [0.717, 1.165) is 12.8 Å². The number of aromatic nitrogens is 1. The average Bonchev–Trinajstić information content (AvgIpc) is 3.48. The number of carbonyl (C=O) groups is 1. The second-order valence-electron chi connectivity index (χ2n) is 6.47. The molecule has 1 aliphatic rings. The molecule has 1 amide bonds. The molecule has 0 aliphatic heterocycles. The number of ether oxygens (including phenoxy) is 2. The summed E-state index contributed by atoms with van der Waals surface area (Å²) in [7, 11) is 0. The molecule has 1 aromatic carbocycles. The van der Waals surface area contributed by atoms with E-state index >= 15 is 0 Å². The number of amides is 1. The minimum absolute atomic E-state index is 0.0389. The van der Waals surface area contributed by atoms with Crippen molar-refractivity contribution in [1.29, 1.82) is 0 Å².